The van der Waals surface area contributed by atoms with Gasteiger partial charge in [-0.1, -0.05) is 0 Å². The molecule has 3 N–H and O–H groups in total. The SMILES string of the molecule is CC(Nc1nc2cc(N)ccc2o1)c1ccsc1. The van der Waals surface area contributed by atoms with E-state index in [9.17, 15) is 0 Å². The van der Waals surface area contributed by atoms with Crippen LogP contribution in [0.5, 0.6) is 0 Å². The number of rotatable bonds is 3. The molecule has 0 saturated carbocycles. The van der Waals surface area contributed by atoms with Crippen LogP contribution < -0.4 is 11.1 Å². The average molecular weight is 259 g/mol. The molecule has 0 fully saturated rings. The second kappa shape index (κ2) is 4.34. The van der Waals surface area contributed by atoms with E-state index in [1.54, 1.807) is 23.5 Å². The Morgan fingerprint density at radius 3 is 3.06 bits per heavy atom. The summed E-state index contributed by atoms with van der Waals surface area (Å²) in [5, 5.41) is 7.41. The first-order chi connectivity index (χ1) is 8.72. The van der Waals surface area contributed by atoms with Crippen LogP contribution in [-0.4, -0.2) is 4.98 Å². The highest BCUT2D eigenvalue weighted by atomic mass is 32.1. The molecule has 92 valence electrons. The first-order valence-corrected chi connectivity index (χ1v) is 6.61. The van der Waals surface area contributed by atoms with Gasteiger partial charge in [0.15, 0.2) is 5.58 Å². The van der Waals surface area contributed by atoms with Gasteiger partial charge in [0.25, 0.3) is 6.01 Å². The number of hydrogen-bond acceptors (Lipinski definition) is 5. The number of thiophene rings is 1. The Balaban J connectivity index is 1.86. The highest BCUT2D eigenvalue weighted by molar-refractivity contribution is 7.07. The molecule has 0 amide bonds. The molecule has 2 aromatic heterocycles. The summed E-state index contributed by atoms with van der Waals surface area (Å²) >= 11 is 1.68. The van der Waals surface area contributed by atoms with Crippen LogP contribution in [0.2, 0.25) is 0 Å². The molecular formula is C13H13N3OS. The zero-order valence-electron chi connectivity index (χ0n) is 9.88. The molecule has 1 atom stereocenters. The molecule has 0 aliphatic rings. The Bertz CT molecular complexity index is 660. The van der Waals surface area contributed by atoms with Gasteiger partial charge >= 0.3 is 0 Å². The molecule has 0 saturated heterocycles. The number of anilines is 2. The molecule has 0 spiro atoms. The minimum Gasteiger partial charge on any atom is -0.424 e. The van der Waals surface area contributed by atoms with Crippen LogP contribution in [0.15, 0.2) is 39.4 Å². The van der Waals surface area contributed by atoms with Gasteiger partial charge in [0.1, 0.15) is 5.52 Å². The fourth-order valence-electron chi connectivity index (χ4n) is 1.80. The van der Waals surface area contributed by atoms with Crippen molar-refractivity contribution in [2.75, 3.05) is 11.1 Å². The normalized spacial score (nSPS) is 12.7. The van der Waals surface area contributed by atoms with Crippen LogP contribution in [0, 0.1) is 0 Å². The van der Waals surface area contributed by atoms with E-state index in [0.29, 0.717) is 11.7 Å². The summed E-state index contributed by atoms with van der Waals surface area (Å²) in [6.07, 6.45) is 0. The molecule has 4 nitrogen and oxygen atoms in total. The van der Waals surface area contributed by atoms with E-state index < -0.39 is 0 Å². The van der Waals surface area contributed by atoms with Crippen molar-refractivity contribution in [3.63, 3.8) is 0 Å². The van der Waals surface area contributed by atoms with Gasteiger partial charge in [0, 0.05) is 5.69 Å². The van der Waals surface area contributed by atoms with Gasteiger partial charge in [-0.25, -0.2) is 0 Å². The van der Waals surface area contributed by atoms with Crippen LogP contribution in [0.25, 0.3) is 11.1 Å². The van der Waals surface area contributed by atoms with E-state index in [0.717, 1.165) is 11.1 Å². The van der Waals surface area contributed by atoms with Crippen molar-refractivity contribution in [2.45, 2.75) is 13.0 Å². The van der Waals surface area contributed by atoms with Gasteiger partial charge in [-0.3, -0.25) is 0 Å². The molecule has 0 bridgehead atoms. The van der Waals surface area contributed by atoms with Crippen molar-refractivity contribution >= 4 is 34.1 Å². The third kappa shape index (κ3) is 2.04. The Hall–Kier alpha value is -2.01. The summed E-state index contributed by atoms with van der Waals surface area (Å²) in [4.78, 5) is 4.37. The molecular weight excluding hydrogens is 246 g/mol. The monoisotopic (exact) mass is 259 g/mol. The van der Waals surface area contributed by atoms with E-state index in [-0.39, 0.29) is 6.04 Å². The second-order valence-electron chi connectivity index (χ2n) is 4.17. The Kier molecular flexibility index (Phi) is 2.68. The van der Waals surface area contributed by atoms with Crippen molar-refractivity contribution in [1.29, 1.82) is 0 Å². The van der Waals surface area contributed by atoms with Crippen molar-refractivity contribution in [1.82, 2.24) is 4.98 Å². The van der Waals surface area contributed by atoms with Crippen molar-refractivity contribution < 1.29 is 4.42 Å². The predicted molar refractivity (Wildman–Crippen MR) is 74.8 cm³/mol. The highest BCUT2D eigenvalue weighted by Crippen LogP contribution is 2.25. The van der Waals surface area contributed by atoms with Crippen LogP contribution >= 0.6 is 11.3 Å². The number of benzene rings is 1. The topological polar surface area (TPSA) is 64.1 Å². The van der Waals surface area contributed by atoms with Gasteiger partial charge < -0.3 is 15.5 Å². The molecule has 5 heteroatoms. The van der Waals surface area contributed by atoms with Gasteiger partial charge in [-0.2, -0.15) is 16.3 Å². The zero-order chi connectivity index (χ0) is 12.5. The zero-order valence-corrected chi connectivity index (χ0v) is 10.7. The first kappa shape index (κ1) is 11.1. The number of nitrogens with one attached hydrogen (secondary N) is 1. The predicted octanol–water partition coefficient (Wildman–Crippen LogP) is 3.64. The summed E-state index contributed by atoms with van der Waals surface area (Å²) in [5.74, 6) is 0. The van der Waals surface area contributed by atoms with Gasteiger partial charge in [-0.15, -0.1) is 0 Å². The molecule has 3 aromatic rings. The number of aromatic nitrogens is 1. The maximum absolute atomic E-state index is 5.71. The largest absolute Gasteiger partial charge is 0.424 e. The van der Waals surface area contributed by atoms with E-state index in [4.69, 9.17) is 10.2 Å². The van der Waals surface area contributed by atoms with E-state index in [1.165, 1.54) is 5.56 Å². The Morgan fingerprint density at radius 1 is 1.39 bits per heavy atom. The number of oxazole rings is 1. The Labute approximate surface area is 108 Å². The van der Waals surface area contributed by atoms with Crippen LogP contribution in [0.1, 0.15) is 18.5 Å². The standard InChI is InChI=1S/C13H13N3OS/c1-8(9-4-5-18-7-9)15-13-16-11-6-10(14)2-3-12(11)17-13/h2-8H,14H2,1H3,(H,15,16). The Morgan fingerprint density at radius 2 is 2.28 bits per heavy atom. The summed E-state index contributed by atoms with van der Waals surface area (Å²) in [7, 11) is 0. The van der Waals surface area contributed by atoms with Crippen molar-refractivity contribution in [3.05, 3.63) is 40.6 Å². The summed E-state index contributed by atoms with van der Waals surface area (Å²) < 4.78 is 5.62. The van der Waals surface area contributed by atoms with Crippen molar-refractivity contribution in [2.24, 2.45) is 0 Å². The minimum atomic E-state index is 0.168. The van der Waals surface area contributed by atoms with Gasteiger partial charge in [0.2, 0.25) is 0 Å². The molecule has 18 heavy (non-hydrogen) atoms. The maximum Gasteiger partial charge on any atom is 0.296 e. The summed E-state index contributed by atoms with van der Waals surface area (Å²) in [5.41, 5.74) is 9.14. The van der Waals surface area contributed by atoms with Crippen molar-refractivity contribution in [3.8, 4) is 0 Å². The van der Waals surface area contributed by atoms with Gasteiger partial charge in [0.05, 0.1) is 6.04 Å². The lowest BCUT2D eigenvalue weighted by molar-refractivity contribution is 0.604. The number of nitrogens with two attached hydrogens (primary N) is 1. The first-order valence-electron chi connectivity index (χ1n) is 5.67. The number of hydrogen-bond donors (Lipinski definition) is 2. The third-order valence-corrected chi connectivity index (χ3v) is 3.50. The highest BCUT2D eigenvalue weighted by Gasteiger charge is 2.10. The molecule has 1 aromatic carbocycles. The lowest BCUT2D eigenvalue weighted by atomic mass is 10.2. The van der Waals surface area contributed by atoms with Crippen LogP contribution in [-0.2, 0) is 0 Å². The second-order valence-corrected chi connectivity index (χ2v) is 4.95. The fraction of sp³-hybridized carbons (Fsp3) is 0.154. The quantitative estimate of drug-likeness (QED) is 0.705. The molecule has 0 aliphatic heterocycles. The molecule has 3 rings (SSSR count). The number of fused-ring (bicyclic) bond motifs is 1. The number of nitrogens with zero attached hydrogens (tertiary/aromatic N) is 1. The molecule has 1 unspecified atom stereocenters. The molecule has 0 radical (unpaired) electrons. The summed E-state index contributed by atoms with van der Waals surface area (Å²) in [6.45, 7) is 2.07. The van der Waals surface area contributed by atoms with Crippen LogP contribution in [0.3, 0.4) is 0 Å². The van der Waals surface area contributed by atoms with Crippen LogP contribution in [0.4, 0.5) is 11.7 Å². The van der Waals surface area contributed by atoms with E-state index >= 15 is 0 Å². The fourth-order valence-corrected chi connectivity index (χ4v) is 2.55. The van der Waals surface area contributed by atoms with E-state index in [2.05, 4.69) is 34.1 Å². The van der Waals surface area contributed by atoms with E-state index in [1.807, 2.05) is 6.07 Å². The summed E-state index contributed by atoms with van der Waals surface area (Å²) in [6, 6.07) is 8.22. The molecule has 0 aliphatic carbocycles. The van der Waals surface area contributed by atoms with Gasteiger partial charge in [-0.05, 0) is 47.5 Å². The molecule has 2 heterocycles. The smallest absolute Gasteiger partial charge is 0.296 e. The number of nitrogen functional groups attached to an aromatic ring is 1. The average Bonchev–Trinajstić information content (AvgIpc) is 2.95. The minimum absolute atomic E-state index is 0.168. The third-order valence-electron chi connectivity index (χ3n) is 2.79. The lowest BCUT2D eigenvalue weighted by Crippen LogP contribution is -2.05. The maximum atomic E-state index is 5.71. The lowest BCUT2D eigenvalue weighted by Gasteiger charge is -2.09.